The molecule has 1 amide bonds. The van der Waals surface area contributed by atoms with Crippen LogP contribution < -0.4 is 15.8 Å². The number of nitrogens with one attached hydrogen (secondary N) is 1. The van der Waals surface area contributed by atoms with Crippen LogP contribution in [0.25, 0.3) is 0 Å². The topological polar surface area (TPSA) is 90.7 Å². The van der Waals surface area contributed by atoms with Gasteiger partial charge in [-0.05, 0) is 74.7 Å². The first kappa shape index (κ1) is 20.3. The van der Waals surface area contributed by atoms with E-state index in [1.54, 1.807) is 0 Å². The smallest absolute Gasteiger partial charge is 0.342 e. The molecule has 4 fully saturated rings. The number of esters is 1. The number of rotatable bonds is 6. The number of halogens is 1. The highest BCUT2D eigenvalue weighted by molar-refractivity contribution is 6.33. The summed E-state index contributed by atoms with van der Waals surface area (Å²) in [5.74, 6) is 1.78. The van der Waals surface area contributed by atoms with Gasteiger partial charge in [0.1, 0.15) is 11.3 Å². The molecule has 4 bridgehead atoms. The third kappa shape index (κ3) is 3.91. The second-order valence-electron chi connectivity index (χ2n) is 9.22. The van der Waals surface area contributed by atoms with Crippen LogP contribution in [0.2, 0.25) is 5.02 Å². The molecule has 4 saturated carbocycles. The molecule has 0 radical (unpaired) electrons. The molecule has 5 rings (SSSR count). The fourth-order valence-corrected chi connectivity index (χ4v) is 6.41. The molecular weight excluding hydrogens is 392 g/mol. The summed E-state index contributed by atoms with van der Waals surface area (Å²) in [6, 6.07) is 2.95. The zero-order valence-electron chi connectivity index (χ0n) is 17.0. The molecule has 1 atom stereocenters. The summed E-state index contributed by atoms with van der Waals surface area (Å²) in [6.07, 6.45) is 7.72. The van der Waals surface area contributed by atoms with Crippen LogP contribution in [0.15, 0.2) is 12.1 Å². The van der Waals surface area contributed by atoms with Crippen LogP contribution in [0, 0.1) is 23.2 Å². The second kappa shape index (κ2) is 7.71. The van der Waals surface area contributed by atoms with Gasteiger partial charge < -0.3 is 20.5 Å². The van der Waals surface area contributed by atoms with Crippen molar-refractivity contribution in [3.8, 4) is 5.75 Å². The van der Waals surface area contributed by atoms with Gasteiger partial charge >= 0.3 is 5.97 Å². The van der Waals surface area contributed by atoms with E-state index in [9.17, 15) is 9.59 Å². The molecule has 0 aromatic heterocycles. The van der Waals surface area contributed by atoms with Crippen LogP contribution in [0.1, 0.15) is 55.8 Å². The van der Waals surface area contributed by atoms with Gasteiger partial charge in [0.15, 0.2) is 6.61 Å². The maximum absolute atomic E-state index is 12.5. The standard InChI is InChI=1S/C22H29ClN2O4/c1-12(22-8-13-3-14(9-22)5-15(4-13)10-22)25-20(26)11-29-21(27)16-6-17(23)18(24)7-19(16)28-2/h6-7,12-15H,3-5,8-11,24H2,1-2H3,(H,25,26)/t12-,13?,14?,15?,22?/m1/s1. The first-order valence-electron chi connectivity index (χ1n) is 10.4. The van der Waals surface area contributed by atoms with Crippen molar-refractivity contribution in [3.63, 3.8) is 0 Å². The van der Waals surface area contributed by atoms with Crippen molar-refractivity contribution in [2.24, 2.45) is 23.2 Å². The summed E-state index contributed by atoms with van der Waals surface area (Å²) in [5, 5.41) is 3.33. The SMILES string of the molecule is COc1cc(N)c(Cl)cc1C(=O)OCC(=O)N[C@H](C)C12CC3CC(CC(C3)C1)C2. The van der Waals surface area contributed by atoms with Crippen molar-refractivity contribution in [2.45, 2.75) is 51.5 Å². The molecule has 0 unspecified atom stereocenters. The highest BCUT2D eigenvalue weighted by Crippen LogP contribution is 2.61. The number of carbonyl (C=O) groups is 2. The lowest BCUT2D eigenvalue weighted by Gasteiger charge is -2.59. The number of benzene rings is 1. The van der Waals surface area contributed by atoms with E-state index in [-0.39, 0.29) is 40.3 Å². The summed E-state index contributed by atoms with van der Waals surface area (Å²) in [4.78, 5) is 24.9. The van der Waals surface area contributed by atoms with Crippen LogP contribution in [-0.2, 0) is 9.53 Å². The van der Waals surface area contributed by atoms with Crippen molar-refractivity contribution in [3.05, 3.63) is 22.7 Å². The highest BCUT2D eigenvalue weighted by atomic mass is 35.5. The zero-order valence-corrected chi connectivity index (χ0v) is 17.8. The Morgan fingerprint density at radius 2 is 1.79 bits per heavy atom. The van der Waals surface area contributed by atoms with Crippen LogP contribution in [0.3, 0.4) is 0 Å². The van der Waals surface area contributed by atoms with E-state index in [1.807, 2.05) is 0 Å². The van der Waals surface area contributed by atoms with Gasteiger partial charge in [-0.15, -0.1) is 0 Å². The Balaban J connectivity index is 1.35. The first-order valence-corrected chi connectivity index (χ1v) is 10.8. The van der Waals surface area contributed by atoms with E-state index < -0.39 is 5.97 Å². The molecule has 29 heavy (non-hydrogen) atoms. The van der Waals surface area contributed by atoms with Gasteiger partial charge in [0.25, 0.3) is 5.91 Å². The average Bonchev–Trinajstić information content (AvgIpc) is 2.66. The van der Waals surface area contributed by atoms with Gasteiger partial charge in [-0.3, -0.25) is 4.79 Å². The minimum absolute atomic E-state index is 0.0857. The van der Waals surface area contributed by atoms with E-state index >= 15 is 0 Å². The Hall–Kier alpha value is -1.95. The molecule has 0 saturated heterocycles. The number of nitrogens with two attached hydrogens (primary N) is 1. The Morgan fingerprint density at radius 1 is 1.21 bits per heavy atom. The van der Waals surface area contributed by atoms with E-state index in [4.69, 9.17) is 26.8 Å². The molecule has 1 aromatic rings. The predicted molar refractivity (Wildman–Crippen MR) is 111 cm³/mol. The summed E-state index contributed by atoms with van der Waals surface area (Å²) < 4.78 is 10.4. The normalized spacial score (nSPS) is 30.7. The summed E-state index contributed by atoms with van der Waals surface area (Å²) >= 11 is 6.00. The van der Waals surface area contributed by atoms with Crippen molar-refractivity contribution in [1.82, 2.24) is 5.32 Å². The second-order valence-corrected chi connectivity index (χ2v) is 9.63. The van der Waals surface area contributed by atoms with Crippen molar-refractivity contribution >= 4 is 29.2 Å². The van der Waals surface area contributed by atoms with Crippen LogP contribution >= 0.6 is 11.6 Å². The average molecular weight is 421 g/mol. The van der Waals surface area contributed by atoms with Gasteiger partial charge in [0.2, 0.25) is 0 Å². The van der Waals surface area contributed by atoms with E-state index in [0.29, 0.717) is 5.69 Å². The predicted octanol–water partition coefficient (Wildman–Crippen LogP) is 3.81. The number of methoxy groups -OCH3 is 1. The lowest BCUT2D eigenvalue weighted by molar-refractivity contribution is -0.128. The maximum Gasteiger partial charge on any atom is 0.342 e. The molecule has 4 aliphatic rings. The highest BCUT2D eigenvalue weighted by Gasteiger charge is 2.53. The van der Waals surface area contributed by atoms with Gasteiger partial charge in [0.05, 0.1) is 17.8 Å². The molecule has 0 heterocycles. The van der Waals surface area contributed by atoms with E-state index in [2.05, 4.69) is 12.2 Å². The van der Waals surface area contributed by atoms with Crippen LogP contribution in [-0.4, -0.2) is 31.6 Å². The molecule has 6 nitrogen and oxygen atoms in total. The van der Waals surface area contributed by atoms with Gasteiger partial charge in [0, 0.05) is 12.1 Å². The number of hydrogen-bond donors (Lipinski definition) is 2. The maximum atomic E-state index is 12.5. The van der Waals surface area contributed by atoms with E-state index in [0.717, 1.165) is 17.8 Å². The summed E-state index contributed by atoms with van der Waals surface area (Å²) in [6.45, 7) is 1.77. The Morgan fingerprint density at radius 3 is 2.34 bits per heavy atom. The Bertz CT molecular complexity index is 790. The molecule has 0 spiro atoms. The van der Waals surface area contributed by atoms with Crippen LogP contribution in [0.5, 0.6) is 5.75 Å². The Kier molecular flexibility index (Phi) is 5.40. The monoisotopic (exact) mass is 420 g/mol. The lowest BCUT2D eigenvalue weighted by Crippen LogP contribution is -2.56. The molecule has 158 valence electrons. The largest absolute Gasteiger partial charge is 0.496 e. The number of ether oxygens (including phenoxy) is 2. The molecule has 7 heteroatoms. The van der Waals surface area contributed by atoms with E-state index in [1.165, 1.54) is 57.8 Å². The quantitative estimate of drug-likeness (QED) is 0.539. The van der Waals surface area contributed by atoms with Crippen molar-refractivity contribution < 1.29 is 19.1 Å². The number of anilines is 1. The number of amides is 1. The van der Waals surface area contributed by atoms with Crippen molar-refractivity contribution in [1.29, 1.82) is 0 Å². The number of carbonyl (C=O) groups excluding carboxylic acids is 2. The number of hydrogen-bond acceptors (Lipinski definition) is 5. The molecule has 3 N–H and O–H groups in total. The first-order chi connectivity index (χ1) is 13.8. The molecule has 4 aliphatic carbocycles. The molecular formula is C22H29ClN2O4. The van der Waals surface area contributed by atoms with Gasteiger partial charge in [-0.25, -0.2) is 4.79 Å². The fraction of sp³-hybridized carbons (Fsp3) is 0.636. The fourth-order valence-electron chi connectivity index (χ4n) is 6.25. The Labute approximate surface area is 176 Å². The summed E-state index contributed by atoms with van der Waals surface area (Å²) in [5.41, 5.74) is 6.40. The third-order valence-electron chi connectivity index (χ3n) is 7.25. The zero-order chi connectivity index (χ0) is 20.8. The number of nitrogen functional groups attached to an aromatic ring is 1. The van der Waals surface area contributed by atoms with Gasteiger partial charge in [-0.2, -0.15) is 0 Å². The third-order valence-corrected chi connectivity index (χ3v) is 7.58. The van der Waals surface area contributed by atoms with Crippen molar-refractivity contribution in [2.75, 3.05) is 19.5 Å². The lowest BCUT2D eigenvalue weighted by atomic mass is 9.48. The molecule has 0 aliphatic heterocycles. The minimum Gasteiger partial charge on any atom is -0.496 e. The summed E-state index contributed by atoms with van der Waals surface area (Å²) in [7, 11) is 1.43. The minimum atomic E-state index is -0.665. The molecule has 1 aromatic carbocycles. The van der Waals surface area contributed by atoms with Crippen LogP contribution in [0.4, 0.5) is 5.69 Å². The van der Waals surface area contributed by atoms with Gasteiger partial charge in [-0.1, -0.05) is 11.6 Å².